The topological polar surface area (TPSA) is 82.1 Å². The van der Waals surface area contributed by atoms with E-state index in [1.54, 1.807) is 26.0 Å². The van der Waals surface area contributed by atoms with Gasteiger partial charge in [-0.15, -0.1) is 0 Å². The third kappa shape index (κ3) is 12.1. The first-order valence-electron chi connectivity index (χ1n) is 10.5. The van der Waals surface area contributed by atoms with Crippen molar-refractivity contribution in [3.63, 3.8) is 0 Å². The zero-order chi connectivity index (χ0) is 25.1. The predicted octanol–water partition coefficient (Wildman–Crippen LogP) is 6.75. The van der Waals surface area contributed by atoms with Gasteiger partial charge in [-0.25, -0.2) is 0 Å². The normalized spacial score (nSPS) is 11.1. The maximum absolute atomic E-state index is 11.4. The molecule has 0 saturated heterocycles. The fraction of sp³-hybridized carbons (Fsp3) is 0.440. The van der Waals surface area contributed by atoms with Crippen LogP contribution in [-0.4, -0.2) is 36.9 Å². The van der Waals surface area contributed by atoms with Gasteiger partial charge >= 0.3 is 11.9 Å². The van der Waals surface area contributed by atoms with E-state index in [1.807, 2.05) is 57.2 Å². The SMILES string of the molecule is CC(C)(COc1ccc(Br)cc1)C(=O)O.CCOC(=O)CC(C)(C)COc1ccc(Br)cc1. The Hall–Kier alpha value is -2.06. The minimum atomic E-state index is -0.868. The molecule has 0 aromatic heterocycles. The third-order valence-electron chi connectivity index (χ3n) is 4.36. The number of halogens is 2. The summed E-state index contributed by atoms with van der Waals surface area (Å²) in [6, 6.07) is 14.9. The van der Waals surface area contributed by atoms with Gasteiger partial charge in [-0.2, -0.15) is 0 Å². The number of carboxylic acids is 1. The Labute approximate surface area is 212 Å². The van der Waals surface area contributed by atoms with E-state index in [1.165, 1.54) is 0 Å². The van der Waals surface area contributed by atoms with Crippen LogP contribution in [0, 0.1) is 10.8 Å². The number of esters is 1. The van der Waals surface area contributed by atoms with Crippen molar-refractivity contribution in [3.05, 3.63) is 57.5 Å². The molecular formula is C25H32Br2O6. The van der Waals surface area contributed by atoms with Crippen molar-refractivity contribution in [2.45, 2.75) is 41.0 Å². The molecule has 2 aromatic carbocycles. The monoisotopic (exact) mass is 586 g/mol. The van der Waals surface area contributed by atoms with Crippen LogP contribution in [0.1, 0.15) is 41.0 Å². The number of hydrogen-bond acceptors (Lipinski definition) is 5. The Bertz CT molecular complexity index is 877. The molecule has 8 heteroatoms. The number of carboxylic acid groups (broad SMARTS) is 1. The number of carbonyl (C=O) groups excluding carboxylic acids is 1. The average molecular weight is 588 g/mol. The summed E-state index contributed by atoms with van der Waals surface area (Å²) in [7, 11) is 0. The van der Waals surface area contributed by atoms with E-state index in [0.717, 1.165) is 14.7 Å². The van der Waals surface area contributed by atoms with Crippen LogP contribution in [0.15, 0.2) is 57.5 Å². The summed E-state index contributed by atoms with van der Waals surface area (Å²) in [5.41, 5.74) is -1.10. The van der Waals surface area contributed by atoms with Crippen molar-refractivity contribution in [2.75, 3.05) is 19.8 Å². The molecule has 0 amide bonds. The van der Waals surface area contributed by atoms with Gasteiger partial charge in [-0.05, 0) is 69.3 Å². The van der Waals surface area contributed by atoms with Crippen LogP contribution < -0.4 is 9.47 Å². The lowest BCUT2D eigenvalue weighted by molar-refractivity contribution is -0.148. The van der Waals surface area contributed by atoms with Crippen LogP contribution >= 0.6 is 31.9 Å². The molecule has 0 spiro atoms. The molecule has 6 nitrogen and oxygen atoms in total. The molecular weight excluding hydrogens is 556 g/mol. The summed E-state index contributed by atoms with van der Waals surface area (Å²) in [4.78, 5) is 22.2. The van der Waals surface area contributed by atoms with Crippen LogP contribution in [0.25, 0.3) is 0 Å². The Morgan fingerprint density at radius 3 is 1.64 bits per heavy atom. The molecule has 0 heterocycles. The van der Waals surface area contributed by atoms with E-state index in [9.17, 15) is 9.59 Å². The number of rotatable bonds is 10. The fourth-order valence-corrected chi connectivity index (χ4v) is 2.85. The zero-order valence-electron chi connectivity index (χ0n) is 19.7. The van der Waals surface area contributed by atoms with Crippen molar-refractivity contribution in [2.24, 2.45) is 10.8 Å². The lowest BCUT2D eigenvalue weighted by Gasteiger charge is -2.23. The number of carbonyl (C=O) groups is 2. The minimum absolute atomic E-state index is 0.157. The standard InChI is InChI=1S/C14H19BrO3.C11H13BrO3/c1-4-17-13(16)9-14(2,3)10-18-12-7-5-11(15)6-8-12;1-11(2,10(13)14)7-15-9-5-3-8(12)4-6-9/h5-8H,4,9-10H2,1-3H3;3-6H,7H2,1-2H3,(H,13,14). The van der Waals surface area contributed by atoms with Gasteiger partial charge < -0.3 is 19.3 Å². The average Bonchev–Trinajstić information content (AvgIpc) is 2.73. The molecule has 0 bridgehead atoms. The van der Waals surface area contributed by atoms with E-state index in [-0.39, 0.29) is 18.0 Å². The van der Waals surface area contributed by atoms with Gasteiger partial charge in [-0.1, -0.05) is 45.7 Å². The van der Waals surface area contributed by atoms with Gasteiger partial charge in [0.25, 0.3) is 0 Å². The van der Waals surface area contributed by atoms with E-state index < -0.39 is 11.4 Å². The molecule has 0 saturated carbocycles. The molecule has 0 fully saturated rings. The van der Waals surface area contributed by atoms with E-state index in [0.29, 0.717) is 25.4 Å². The molecule has 0 aliphatic heterocycles. The van der Waals surface area contributed by atoms with Crippen molar-refractivity contribution < 1.29 is 28.9 Å². The van der Waals surface area contributed by atoms with E-state index in [2.05, 4.69) is 31.9 Å². The Kier molecular flexibility index (Phi) is 11.9. The molecule has 0 atom stereocenters. The molecule has 33 heavy (non-hydrogen) atoms. The van der Waals surface area contributed by atoms with Gasteiger partial charge in [-0.3, -0.25) is 9.59 Å². The summed E-state index contributed by atoms with van der Waals surface area (Å²) in [6.07, 6.45) is 0.359. The smallest absolute Gasteiger partial charge is 0.312 e. The molecule has 2 rings (SSSR count). The van der Waals surface area contributed by atoms with Gasteiger partial charge in [0.15, 0.2) is 0 Å². The fourth-order valence-electron chi connectivity index (χ4n) is 2.32. The molecule has 1 N–H and O–H groups in total. The molecule has 0 unspecified atom stereocenters. The highest BCUT2D eigenvalue weighted by Gasteiger charge is 2.28. The van der Waals surface area contributed by atoms with E-state index in [4.69, 9.17) is 19.3 Å². The highest BCUT2D eigenvalue weighted by Crippen LogP contribution is 2.24. The lowest BCUT2D eigenvalue weighted by Crippen LogP contribution is -2.30. The Morgan fingerprint density at radius 2 is 1.24 bits per heavy atom. The van der Waals surface area contributed by atoms with Crippen LogP contribution in [0.5, 0.6) is 11.5 Å². The van der Waals surface area contributed by atoms with Crippen molar-refractivity contribution in [3.8, 4) is 11.5 Å². The maximum Gasteiger partial charge on any atom is 0.312 e. The summed E-state index contributed by atoms with van der Waals surface area (Å²) < 4.78 is 18.0. The van der Waals surface area contributed by atoms with Crippen molar-refractivity contribution >= 4 is 43.8 Å². The quantitative estimate of drug-likeness (QED) is 0.310. The van der Waals surface area contributed by atoms with Gasteiger partial charge in [0.2, 0.25) is 0 Å². The minimum Gasteiger partial charge on any atom is -0.493 e. The largest absolute Gasteiger partial charge is 0.493 e. The van der Waals surface area contributed by atoms with Crippen molar-refractivity contribution in [1.29, 1.82) is 0 Å². The molecule has 0 aliphatic rings. The second-order valence-electron chi connectivity index (χ2n) is 8.82. The van der Waals surface area contributed by atoms with Crippen LogP contribution in [0.4, 0.5) is 0 Å². The molecule has 182 valence electrons. The molecule has 0 aliphatic carbocycles. The van der Waals surface area contributed by atoms with Gasteiger partial charge in [0, 0.05) is 14.4 Å². The second-order valence-corrected chi connectivity index (χ2v) is 10.7. The van der Waals surface area contributed by atoms with Crippen LogP contribution in [0.3, 0.4) is 0 Å². The molecule has 0 radical (unpaired) electrons. The maximum atomic E-state index is 11.4. The van der Waals surface area contributed by atoms with Gasteiger partial charge in [0.1, 0.15) is 18.1 Å². The summed E-state index contributed by atoms with van der Waals surface area (Å²) >= 11 is 6.68. The lowest BCUT2D eigenvalue weighted by atomic mass is 9.90. The first-order chi connectivity index (χ1) is 15.3. The first kappa shape index (κ1) is 29.0. The highest BCUT2D eigenvalue weighted by molar-refractivity contribution is 9.10. The molecule has 2 aromatic rings. The third-order valence-corrected chi connectivity index (χ3v) is 5.42. The first-order valence-corrected chi connectivity index (χ1v) is 12.1. The number of ether oxygens (including phenoxy) is 3. The predicted molar refractivity (Wildman–Crippen MR) is 136 cm³/mol. The number of aliphatic carboxylic acids is 1. The summed E-state index contributed by atoms with van der Waals surface area (Å²) in [5, 5.41) is 8.88. The van der Waals surface area contributed by atoms with Crippen molar-refractivity contribution in [1.82, 2.24) is 0 Å². The number of benzene rings is 2. The summed E-state index contributed by atoms with van der Waals surface area (Å²) in [5.74, 6) is 0.434. The van der Waals surface area contributed by atoms with Crippen LogP contribution in [-0.2, 0) is 14.3 Å². The highest BCUT2D eigenvalue weighted by atomic mass is 79.9. The van der Waals surface area contributed by atoms with Crippen LogP contribution in [0.2, 0.25) is 0 Å². The summed E-state index contributed by atoms with van der Waals surface area (Å²) in [6.45, 7) is 10.1. The Balaban J connectivity index is 0.000000335. The van der Waals surface area contributed by atoms with E-state index >= 15 is 0 Å². The Morgan fingerprint density at radius 1 is 0.818 bits per heavy atom. The zero-order valence-corrected chi connectivity index (χ0v) is 22.9. The second kappa shape index (κ2) is 13.6. The number of hydrogen-bond donors (Lipinski definition) is 1. The van der Waals surface area contributed by atoms with Gasteiger partial charge in [0.05, 0.1) is 25.0 Å².